The Morgan fingerprint density at radius 2 is 2.04 bits per heavy atom. The fourth-order valence-electron chi connectivity index (χ4n) is 4.33. The predicted molar refractivity (Wildman–Crippen MR) is 102 cm³/mol. The number of carboxylic acid groups (broad SMARTS) is 1. The van der Waals surface area contributed by atoms with Crippen LogP contribution >= 0.6 is 0 Å². The Hall–Kier alpha value is -2.41. The summed E-state index contributed by atoms with van der Waals surface area (Å²) in [6.45, 7) is 5.10. The van der Waals surface area contributed by atoms with E-state index in [2.05, 4.69) is 0 Å². The quantitative estimate of drug-likeness (QED) is 0.860. The molecule has 1 aromatic carbocycles. The highest BCUT2D eigenvalue weighted by Crippen LogP contribution is 2.40. The van der Waals surface area contributed by atoms with E-state index in [4.69, 9.17) is 5.73 Å². The van der Waals surface area contributed by atoms with Crippen molar-refractivity contribution < 1.29 is 14.3 Å². The summed E-state index contributed by atoms with van der Waals surface area (Å²) in [5, 5.41) is 9.80. The maximum Gasteiger partial charge on any atom is 0.336 e. The molecule has 1 aromatic heterocycles. The summed E-state index contributed by atoms with van der Waals surface area (Å²) >= 11 is 0. The van der Waals surface area contributed by atoms with Gasteiger partial charge in [-0.25, -0.2) is 9.18 Å². The molecule has 3 N–H and O–H groups in total. The van der Waals surface area contributed by atoms with Gasteiger partial charge in [0.05, 0.1) is 16.8 Å². The van der Waals surface area contributed by atoms with E-state index in [0.717, 1.165) is 25.3 Å². The summed E-state index contributed by atoms with van der Waals surface area (Å²) in [5.41, 5.74) is 7.17. The zero-order valence-corrected chi connectivity index (χ0v) is 15.5. The van der Waals surface area contributed by atoms with E-state index in [1.165, 1.54) is 6.07 Å². The Morgan fingerprint density at radius 3 is 2.59 bits per heavy atom. The number of nitrogens with zero attached hydrogens (tertiary/aromatic N) is 2. The van der Waals surface area contributed by atoms with E-state index in [0.29, 0.717) is 29.9 Å². The molecule has 2 atom stereocenters. The number of hydrogen-bond acceptors (Lipinski definition) is 4. The lowest BCUT2D eigenvalue weighted by Crippen LogP contribution is -2.30. The Labute approximate surface area is 156 Å². The van der Waals surface area contributed by atoms with Gasteiger partial charge in [-0.1, -0.05) is 0 Å². The van der Waals surface area contributed by atoms with Crippen molar-refractivity contribution in [3.8, 4) is 0 Å². The van der Waals surface area contributed by atoms with Gasteiger partial charge in [-0.3, -0.25) is 4.79 Å². The minimum Gasteiger partial charge on any atom is -0.478 e. The third kappa shape index (κ3) is 2.90. The highest BCUT2D eigenvalue weighted by atomic mass is 19.1. The van der Waals surface area contributed by atoms with Gasteiger partial charge in [0.25, 0.3) is 5.56 Å². The number of anilines is 1. The van der Waals surface area contributed by atoms with Crippen LogP contribution in [0.5, 0.6) is 0 Å². The number of halogens is 1. The molecule has 6 nitrogen and oxygen atoms in total. The molecule has 0 radical (unpaired) electrons. The maximum atomic E-state index is 15.1. The van der Waals surface area contributed by atoms with Crippen molar-refractivity contribution in [2.45, 2.75) is 45.2 Å². The summed E-state index contributed by atoms with van der Waals surface area (Å²) in [4.78, 5) is 26.3. The van der Waals surface area contributed by atoms with Crippen molar-refractivity contribution in [2.75, 3.05) is 18.0 Å². The van der Waals surface area contributed by atoms with Gasteiger partial charge in [0.2, 0.25) is 0 Å². The second-order valence-electron chi connectivity index (χ2n) is 7.88. The molecule has 1 aliphatic heterocycles. The van der Waals surface area contributed by atoms with Gasteiger partial charge in [0, 0.05) is 36.6 Å². The molecule has 0 spiro atoms. The highest BCUT2D eigenvalue weighted by molar-refractivity contribution is 6.04. The predicted octanol–water partition coefficient (Wildman–Crippen LogP) is 2.66. The van der Waals surface area contributed by atoms with E-state index < -0.39 is 11.8 Å². The fraction of sp³-hybridized carbons (Fsp3) is 0.500. The largest absolute Gasteiger partial charge is 0.478 e. The summed E-state index contributed by atoms with van der Waals surface area (Å²) in [5.74, 6) is -1.38. The van der Waals surface area contributed by atoms with Crippen LogP contribution in [0.4, 0.5) is 10.1 Å². The number of fused-ring (bicyclic) bond motifs is 1. The monoisotopic (exact) mass is 373 g/mol. The smallest absolute Gasteiger partial charge is 0.336 e. The molecule has 2 fully saturated rings. The van der Waals surface area contributed by atoms with Gasteiger partial charge in [0.15, 0.2) is 0 Å². The summed E-state index contributed by atoms with van der Waals surface area (Å²) < 4.78 is 16.8. The molecule has 1 saturated heterocycles. The van der Waals surface area contributed by atoms with E-state index in [1.807, 2.05) is 11.8 Å². The van der Waals surface area contributed by atoms with Crippen molar-refractivity contribution in [2.24, 2.45) is 11.7 Å². The topological polar surface area (TPSA) is 88.6 Å². The lowest BCUT2D eigenvalue weighted by atomic mass is 10.0. The number of nitrogens with two attached hydrogens (primary N) is 1. The fourth-order valence-corrected chi connectivity index (χ4v) is 4.33. The number of aromatic nitrogens is 1. The Balaban J connectivity index is 1.96. The molecule has 27 heavy (non-hydrogen) atoms. The number of aromatic carboxylic acids is 1. The van der Waals surface area contributed by atoms with Crippen LogP contribution in [-0.4, -0.2) is 34.8 Å². The molecular weight excluding hydrogens is 349 g/mol. The van der Waals surface area contributed by atoms with Gasteiger partial charge >= 0.3 is 5.97 Å². The van der Waals surface area contributed by atoms with Gasteiger partial charge in [-0.05, 0) is 50.7 Å². The summed E-state index contributed by atoms with van der Waals surface area (Å²) in [7, 11) is 0. The van der Waals surface area contributed by atoms with Gasteiger partial charge in [-0.15, -0.1) is 0 Å². The minimum atomic E-state index is -1.22. The molecular formula is C20H24FN3O3. The molecule has 1 unspecified atom stereocenters. The van der Waals surface area contributed by atoms with Gasteiger partial charge in [-0.2, -0.15) is 0 Å². The first-order valence-electron chi connectivity index (χ1n) is 9.41. The van der Waals surface area contributed by atoms with Crippen molar-refractivity contribution in [1.29, 1.82) is 0 Å². The molecule has 2 aromatic rings. The Bertz CT molecular complexity index is 994. The average Bonchev–Trinajstić information content (AvgIpc) is 3.31. The van der Waals surface area contributed by atoms with Crippen LogP contribution in [0.25, 0.3) is 10.9 Å². The summed E-state index contributed by atoms with van der Waals surface area (Å²) in [6.07, 6.45) is 2.65. The molecule has 144 valence electrons. The second-order valence-corrected chi connectivity index (χ2v) is 7.88. The first kappa shape index (κ1) is 18.0. The molecule has 2 aliphatic rings. The van der Waals surface area contributed by atoms with Crippen LogP contribution in [0.2, 0.25) is 0 Å². The zero-order valence-electron chi connectivity index (χ0n) is 15.5. The standard InChI is InChI=1S/C20H24FN3O3/c1-10-18-14(15(20(26)27)8-17(25)24(18)13-3-4-13)7-16(21)19(10)23-6-5-12(9-23)11(2)22/h7-8,11-13H,3-6,9,22H2,1-2H3,(H,26,27)/t11-,12?/m0/s1. The SMILES string of the molecule is Cc1c(N2CCC([C@H](C)N)C2)c(F)cc2c(C(=O)O)cc(=O)n(C3CC3)c12. The van der Waals surface area contributed by atoms with Crippen LogP contribution in [0.3, 0.4) is 0 Å². The normalized spacial score (nSPS) is 21.0. The van der Waals surface area contributed by atoms with Gasteiger partial charge < -0.3 is 20.3 Å². The number of benzene rings is 1. The summed E-state index contributed by atoms with van der Waals surface area (Å²) in [6, 6.07) is 2.49. The molecule has 7 heteroatoms. The van der Waals surface area contributed by atoms with Crippen molar-refractivity contribution >= 4 is 22.6 Å². The van der Waals surface area contributed by atoms with Crippen molar-refractivity contribution in [1.82, 2.24) is 4.57 Å². The third-order valence-electron chi connectivity index (χ3n) is 5.93. The number of hydrogen-bond donors (Lipinski definition) is 2. The first-order valence-corrected chi connectivity index (χ1v) is 9.41. The number of aryl methyl sites for hydroxylation is 1. The lowest BCUT2D eigenvalue weighted by Gasteiger charge is -2.25. The first-order chi connectivity index (χ1) is 12.8. The molecule has 1 aliphatic carbocycles. The highest BCUT2D eigenvalue weighted by Gasteiger charge is 2.32. The van der Waals surface area contributed by atoms with E-state index in [-0.39, 0.29) is 34.5 Å². The molecule has 4 rings (SSSR count). The second kappa shape index (κ2) is 6.34. The van der Waals surface area contributed by atoms with Crippen LogP contribution in [0.1, 0.15) is 48.1 Å². The molecule has 2 heterocycles. The van der Waals surface area contributed by atoms with Crippen LogP contribution in [-0.2, 0) is 0 Å². The van der Waals surface area contributed by atoms with E-state index >= 15 is 4.39 Å². The molecule has 1 saturated carbocycles. The number of rotatable bonds is 4. The van der Waals surface area contributed by atoms with Crippen LogP contribution in [0.15, 0.2) is 16.9 Å². The zero-order chi connectivity index (χ0) is 19.5. The van der Waals surface area contributed by atoms with Crippen molar-refractivity contribution in [3.05, 3.63) is 39.4 Å². The van der Waals surface area contributed by atoms with Crippen LogP contribution in [0, 0.1) is 18.7 Å². The molecule has 0 amide bonds. The lowest BCUT2D eigenvalue weighted by molar-refractivity contribution is 0.0698. The molecule has 0 bridgehead atoms. The van der Waals surface area contributed by atoms with Crippen molar-refractivity contribution in [3.63, 3.8) is 0 Å². The van der Waals surface area contributed by atoms with Crippen LogP contribution < -0.4 is 16.2 Å². The number of pyridine rings is 1. The van der Waals surface area contributed by atoms with Gasteiger partial charge in [0.1, 0.15) is 5.82 Å². The van der Waals surface area contributed by atoms with E-state index in [9.17, 15) is 14.7 Å². The number of carboxylic acids is 1. The van der Waals surface area contributed by atoms with E-state index in [1.54, 1.807) is 11.5 Å². The Morgan fingerprint density at radius 1 is 1.33 bits per heavy atom. The third-order valence-corrected chi connectivity index (χ3v) is 5.93. The average molecular weight is 373 g/mol. The maximum absolute atomic E-state index is 15.1. The minimum absolute atomic E-state index is 0.0297. The Kier molecular flexibility index (Phi) is 4.22. The number of carbonyl (C=O) groups is 1.